The lowest BCUT2D eigenvalue weighted by atomic mass is 9.60. The average molecular weight is 168 g/mol. The van der Waals surface area contributed by atoms with Crippen LogP contribution in [0, 0.1) is 23.7 Å². The summed E-state index contributed by atoms with van der Waals surface area (Å²) in [5.74, 6) is 4.09. The van der Waals surface area contributed by atoms with E-state index in [1.807, 2.05) is 0 Å². The van der Waals surface area contributed by atoms with E-state index in [0.29, 0.717) is 0 Å². The van der Waals surface area contributed by atoms with Crippen LogP contribution in [0.1, 0.15) is 53.4 Å². The maximum absolute atomic E-state index is 2.44. The molecule has 72 valence electrons. The van der Waals surface area contributed by atoms with Crippen LogP contribution < -0.4 is 0 Å². The van der Waals surface area contributed by atoms with Crippen LogP contribution in [0.3, 0.4) is 0 Å². The van der Waals surface area contributed by atoms with E-state index >= 15 is 0 Å². The molecule has 12 heavy (non-hydrogen) atoms. The molecule has 1 fully saturated rings. The molecule has 0 heteroatoms. The smallest absolute Gasteiger partial charge is 0.0355 e. The highest BCUT2D eigenvalue weighted by molar-refractivity contribution is 4.87. The van der Waals surface area contributed by atoms with E-state index in [9.17, 15) is 0 Å². The first-order chi connectivity index (χ1) is 5.70. The first-order valence-electron chi connectivity index (χ1n) is 5.70. The van der Waals surface area contributed by atoms with Crippen molar-refractivity contribution < 1.29 is 0 Å². The third kappa shape index (κ3) is 1.84. The van der Waals surface area contributed by atoms with Gasteiger partial charge in [-0.3, -0.25) is 0 Å². The van der Waals surface area contributed by atoms with E-state index < -0.39 is 0 Å². The lowest BCUT2D eigenvalue weighted by Crippen LogP contribution is -2.37. The summed E-state index contributed by atoms with van der Waals surface area (Å²) in [6, 6.07) is 0. The van der Waals surface area contributed by atoms with Gasteiger partial charge in [-0.15, -0.1) is 0 Å². The molecule has 0 saturated heterocycles. The van der Waals surface area contributed by atoms with Gasteiger partial charge in [0.25, 0.3) is 0 Å². The second-order valence-corrected chi connectivity index (χ2v) is 4.69. The lowest BCUT2D eigenvalue weighted by molar-refractivity contribution is 0.0421. The Labute approximate surface area is 77.7 Å². The Morgan fingerprint density at radius 3 is 2.25 bits per heavy atom. The zero-order valence-electron chi connectivity index (χ0n) is 9.14. The summed E-state index contributed by atoms with van der Waals surface area (Å²) >= 11 is 0. The zero-order chi connectivity index (χ0) is 9.14. The zero-order valence-corrected chi connectivity index (χ0v) is 9.14. The Hall–Kier alpha value is 0. The number of hydrogen-bond donors (Lipinski definition) is 0. The molecule has 0 spiro atoms. The largest absolute Gasteiger partial charge is 0.0654 e. The van der Waals surface area contributed by atoms with E-state index in [4.69, 9.17) is 0 Å². The maximum atomic E-state index is 2.44. The summed E-state index contributed by atoms with van der Waals surface area (Å²) in [7, 11) is 0. The van der Waals surface area contributed by atoms with Crippen molar-refractivity contribution in [2.75, 3.05) is 0 Å². The first kappa shape index (κ1) is 10.1. The second-order valence-electron chi connectivity index (χ2n) is 4.69. The highest BCUT2D eigenvalue weighted by Gasteiger charge is 2.37. The van der Waals surface area contributed by atoms with Crippen molar-refractivity contribution in [1.82, 2.24) is 0 Å². The molecule has 0 aromatic rings. The predicted molar refractivity (Wildman–Crippen MR) is 55.1 cm³/mol. The van der Waals surface area contributed by atoms with Crippen molar-refractivity contribution in [2.24, 2.45) is 23.7 Å². The molecule has 0 aromatic carbocycles. The molecule has 1 aliphatic rings. The molecule has 0 nitrogen and oxygen atoms in total. The minimum Gasteiger partial charge on any atom is -0.0654 e. The molecule has 1 saturated carbocycles. The lowest BCUT2D eigenvalue weighted by Gasteiger charge is -2.45. The maximum Gasteiger partial charge on any atom is -0.0355 e. The molecular formula is C12H24. The Bertz CT molecular complexity index is 126. The van der Waals surface area contributed by atoms with E-state index in [1.165, 1.54) is 25.7 Å². The minimum atomic E-state index is 1.00. The average Bonchev–Trinajstić information content (AvgIpc) is 2.10. The van der Waals surface area contributed by atoms with E-state index in [-0.39, 0.29) is 0 Å². The van der Waals surface area contributed by atoms with Crippen LogP contribution >= 0.6 is 0 Å². The van der Waals surface area contributed by atoms with Crippen LogP contribution in [-0.2, 0) is 0 Å². The van der Waals surface area contributed by atoms with Gasteiger partial charge in [0.1, 0.15) is 0 Å². The minimum absolute atomic E-state index is 1.00. The molecule has 0 aromatic heterocycles. The van der Waals surface area contributed by atoms with Gasteiger partial charge in [-0.25, -0.2) is 0 Å². The topological polar surface area (TPSA) is 0 Å². The predicted octanol–water partition coefficient (Wildman–Crippen LogP) is 4.10. The van der Waals surface area contributed by atoms with Crippen molar-refractivity contribution in [3.8, 4) is 0 Å². The standard InChI is InChI=1S/C12H24/c1-5-7-11(6-2)12-8-9(3)10(12)4/h9-12H,5-8H2,1-4H3. The van der Waals surface area contributed by atoms with Gasteiger partial charge >= 0.3 is 0 Å². The Balaban J connectivity index is 2.35. The van der Waals surface area contributed by atoms with Crippen LogP contribution in [-0.4, -0.2) is 0 Å². The molecule has 4 atom stereocenters. The number of rotatable bonds is 4. The third-order valence-corrected chi connectivity index (χ3v) is 4.01. The fourth-order valence-corrected chi connectivity index (χ4v) is 2.80. The van der Waals surface area contributed by atoms with Crippen LogP contribution in [0.2, 0.25) is 0 Å². The SMILES string of the molecule is CCCC(CC)C1CC(C)C1C. The Kier molecular flexibility index (Phi) is 3.61. The van der Waals surface area contributed by atoms with Gasteiger partial charge in [0.2, 0.25) is 0 Å². The Morgan fingerprint density at radius 1 is 1.25 bits per heavy atom. The van der Waals surface area contributed by atoms with Crippen LogP contribution in [0.15, 0.2) is 0 Å². The number of hydrogen-bond acceptors (Lipinski definition) is 0. The van der Waals surface area contributed by atoms with Crippen LogP contribution in [0.4, 0.5) is 0 Å². The fourth-order valence-electron chi connectivity index (χ4n) is 2.80. The van der Waals surface area contributed by atoms with Gasteiger partial charge < -0.3 is 0 Å². The van der Waals surface area contributed by atoms with Gasteiger partial charge in [-0.05, 0) is 30.1 Å². The van der Waals surface area contributed by atoms with Gasteiger partial charge in [0.15, 0.2) is 0 Å². The molecule has 4 unspecified atom stereocenters. The van der Waals surface area contributed by atoms with Crippen molar-refractivity contribution in [3.05, 3.63) is 0 Å². The highest BCUT2D eigenvalue weighted by atomic mass is 14.4. The molecule has 1 rings (SSSR count). The summed E-state index contributed by atoms with van der Waals surface area (Å²) in [5, 5.41) is 0. The van der Waals surface area contributed by atoms with Crippen LogP contribution in [0.5, 0.6) is 0 Å². The van der Waals surface area contributed by atoms with Crippen molar-refractivity contribution in [3.63, 3.8) is 0 Å². The van der Waals surface area contributed by atoms with E-state index in [1.54, 1.807) is 0 Å². The highest BCUT2D eigenvalue weighted by Crippen LogP contribution is 2.46. The molecule has 0 radical (unpaired) electrons. The summed E-state index contributed by atoms with van der Waals surface area (Å²) in [4.78, 5) is 0. The normalized spacial score (nSPS) is 37.5. The monoisotopic (exact) mass is 168 g/mol. The summed E-state index contributed by atoms with van der Waals surface area (Å²) < 4.78 is 0. The third-order valence-electron chi connectivity index (χ3n) is 4.01. The molecule has 0 N–H and O–H groups in total. The molecule has 1 aliphatic carbocycles. The Morgan fingerprint density at radius 2 is 1.92 bits per heavy atom. The molecule has 0 bridgehead atoms. The van der Waals surface area contributed by atoms with E-state index in [2.05, 4.69) is 27.7 Å². The second kappa shape index (κ2) is 4.30. The summed E-state index contributed by atoms with van der Waals surface area (Å²) in [6.45, 7) is 9.52. The molecule has 0 aliphatic heterocycles. The molecule has 0 heterocycles. The van der Waals surface area contributed by atoms with Gasteiger partial charge in [-0.2, -0.15) is 0 Å². The van der Waals surface area contributed by atoms with Crippen molar-refractivity contribution in [1.29, 1.82) is 0 Å². The van der Waals surface area contributed by atoms with E-state index in [0.717, 1.165) is 23.7 Å². The van der Waals surface area contributed by atoms with Gasteiger partial charge in [0.05, 0.1) is 0 Å². The molecular weight excluding hydrogens is 144 g/mol. The fraction of sp³-hybridized carbons (Fsp3) is 1.00. The quantitative estimate of drug-likeness (QED) is 0.592. The van der Waals surface area contributed by atoms with Gasteiger partial charge in [-0.1, -0.05) is 47.0 Å². The molecule has 0 amide bonds. The van der Waals surface area contributed by atoms with Crippen LogP contribution in [0.25, 0.3) is 0 Å². The summed E-state index contributed by atoms with van der Waals surface area (Å²) in [6.07, 6.45) is 5.73. The van der Waals surface area contributed by atoms with Gasteiger partial charge in [0, 0.05) is 0 Å². The van der Waals surface area contributed by atoms with Crippen molar-refractivity contribution in [2.45, 2.75) is 53.4 Å². The van der Waals surface area contributed by atoms with Crippen molar-refractivity contribution >= 4 is 0 Å². The first-order valence-corrected chi connectivity index (χ1v) is 5.70. The summed E-state index contributed by atoms with van der Waals surface area (Å²) in [5.41, 5.74) is 0.